The zero-order chi connectivity index (χ0) is 22.9. The molecule has 1 aromatic carbocycles. The summed E-state index contributed by atoms with van der Waals surface area (Å²) < 4.78 is 12.1. The second kappa shape index (κ2) is 8.68. The van der Waals surface area contributed by atoms with Crippen LogP contribution in [0, 0.1) is 6.92 Å². The summed E-state index contributed by atoms with van der Waals surface area (Å²) >= 11 is 2.97. The van der Waals surface area contributed by atoms with Gasteiger partial charge in [0.05, 0.1) is 11.7 Å². The molecule has 0 spiro atoms. The van der Waals surface area contributed by atoms with Gasteiger partial charge in [0, 0.05) is 32.5 Å². The van der Waals surface area contributed by atoms with E-state index in [9.17, 15) is 14.4 Å². The Morgan fingerprint density at radius 2 is 1.97 bits per heavy atom. The van der Waals surface area contributed by atoms with Gasteiger partial charge in [-0.1, -0.05) is 0 Å². The molecule has 4 heterocycles. The van der Waals surface area contributed by atoms with Gasteiger partial charge in [0.15, 0.2) is 11.5 Å². The molecule has 0 saturated carbocycles. The summed E-state index contributed by atoms with van der Waals surface area (Å²) in [4.78, 5) is 44.8. The fraction of sp³-hybridized carbons (Fsp3) is 0.182. The minimum atomic E-state index is -0.718. The second-order valence-corrected chi connectivity index (χ2v) is 9.42. The van der Waals surface area contributed by atoms with Crippen LogP contribution in [-0.4, -0.2) is 34.7 Å². The number of amides is 3. The maximum atomic E-state index is 13.1. The van der Waals surface area contributed by atoms with Crippen LogP contribution in [0.5, 0.6) is 11.5 Å². The highest BCUT2D eigenvalue weighted by Crippen LogP contribution is 2.35. The van der Waals surface area contributed by atoms with Gasteiger partial charge in [-0.3, -0.25) is 19.5 Å². The van der Waals surface area contributed by atoms with Crippen molar-refractivity contribution in [3.63, 3.8) is 0 Å². The molecule has 0 saturated heterocycles. The van der Waals surface area contributed by atoms with E-state index in [2.05, 4.69) is 15.6 Å². The van der Waals surface area contributed by atoms with Crippen LogP contribution in [0.3, 0.4) is 0 Å². The number of imide groups is 1. The first-order valence-electron chi connectivity index (χ1n) is 10.0. The average molecular weight is 483 g/mol. The van der Waals surface area contributed by atoms with Crippen molar-refractivity contribution in [2.24, 2.45) is 0 Å². The van der Waals surface area contributed by atoms with Gasteiger partial charge < -0.3 is 14.8 Å². The Balaban J connectivity index is 1.29. The van der Waals surface area contributed by atoms with Crippen molar-refractivity contribution >= 4 is 50.5 Å². The lowest BCUT2D eigenvalue weighted by Gasteiger charge is -2.19. The number of benzene rings is 1. The van der Waals surface area contributed by atoms with Gasteiger partial charge in [0.1, 0.15) is 24.6 Å². The van der Waals surface area contributed by atoms with Crippen molar-refractivity contribution in [2.75, 3.05) is 18.5 Å². The molecule has 2 N–H and O–H groups in total. The Labute approximate surface area is 195 Å². The van der Waals surface area contributed by atoms with Gasteiger partial charge in [-0.15, -0.1) is 22.7 Å². The highest BCUT2D eigenvalue weighted by atomic mass is 32.1. The molecular weight excluding hydrogens is 464 g/mol. The van der Waals surface area contributed by atoms with Crippen molar-refractivity contribution in [3.8, 4) is 21.9 Å². The van der Waals surface area contributed by atoms with Crippen molar-refractivity contribution in [1.82, 2.24) is 14.9 Å². The number of fused-ring (bicyclic) bond motifs is 2. The molecule has 168 valence electrons. The Kier molecular flexibility index (Phi) is 5.56. The molecule has 0 fully saturated rings. The summed E-state index contributed by atoms with van der Waals surface area (Å²) in [6, 6.07) is 8.18. The summed E-state index contributed by atoms with van der Waals surface area (Å²) in [5, 5.41) is 7.18. The van der Waals surface area contributed by atoms with E-state index in [0.717, 1.165) is 15.3 Å². The molecule has 5 rings (SSSR count). The summed E-state index contributed by atoms with van der Waals surface area (Å²) in [7, 11) is 0. The summed E-state index contributed by atoms with van der Waals surface area (Å²) in [5.74, 6) is 0.469. The van der Waals surface area contributed by atoms with Crippen LogP contribution in [0.1, 0.15) is 4.88 Å². The Morgan fingerprint density at radius 1 is 1.15 bits per heavy atom. The third-order valence-corrected chi connectivity index (χ3v) is 6.85. The van der Waals surface area contributed by atoms with Crippen molar-refractivity contribution < 1.29 is 19.1 Å². The molecular formula is C22H18N4O5S2. The van der Waals surface area contributed by atoms with Crippen LogP contribution < -0.4 is 25.7 Å². The van der Waals surface area contributed by atoms with E-state index in [1.165, 1.54) is 22.2 Å². The van der Waals surface area contributed by atoms with Gasteiger partial charge >= 0.3 is 6.03 Å². The predicted octanol–water partition coefficient (Wildman–Crippen LogP) is 3.61. The monoisotopic (exact) mass is 482 g/mol. The first kappa shape index (κ1) is 21.2. The molecule has 3 amide bonds. The maximum Gasteiger partial charge on any atom is 0.325 e. The Hall–Kier alpha value is -3.70. The number of anilines is 1. The number of ether oxygens (including phenoxy) is 2. The highest BCUT2D eigenvalue weighted by Gasteiger charge is 2.17. The second-order valence-electron chi connectivity index (χ2n) is 7.28. The van der Waals surface area contributed by atoms with Gasteiger partial charge in [0.2, 0.25) is 5.91 Å². The fourth-order valence-electron chi connectivity index (χ4n) is 3.45. The topological polar surface area (TPSA) is 112 Å². The van der Waals surface area contributed by atoms with Gasteiger partial charge in [-0.05, 0) is 31.2 Å². The van der Waals surface area contributed by atoms with Crippen molar-refractivity contribution in [2.45, 2.75) is 13.5 Å². The number of urea groups is 1. The summed E-state index contributed by atoms with van der Waals surface area (Å²) in [6.45, 7) is 2.55. The van der Waals surface area contributed by atoms with E-state index in [0.29, 0.717) is 40.6 Å². The summed E-state index contributed by atoms with van der Waals surface area (Å²) in [5.41, 5.74) is 0.917. The molecule has 1 aliphatic rings. The molecule has 4 aromatic rings. The Bertz CT molecular complexity index is 1440. The largest absolute Gasteiger partial charge is 0.486 e. The first-order chi connectivity index (χ1) is 16.0. The smallest absolute Gasteiger partial charge is 0.325 e. The standard InChI is InChI=1S/C22H18N4O5S2/c1-12-2-5-17(33-12)14-10-32-20-19(14)21(28)26(11-23-20)9-18(27)25-22(29)24-13-3-4-15-16(8-13)31-7-6-30-15/h2-5,8,10-11H,6-7,9H2,1H3,(H2,24,25,27,29). The quantitative estimate of drug-likeness (QED) is 0.460. The van der Waals surface area contributed by atoms with Crippen molar-refractivity contribution in [1.29, 1.82) is 0 Å². The molecule has 0 aliphatic carbocycles. The molecule has 9 nitrogen and oxygen atoms in total. The predicted molar refractivity (Wildman–Crippen MR) is 127 cm³/mol. The number of rotatable bonds is 4. The van der Waals surface area contributed by atoms with Crippen LogP contribution >= 0.6 is 22.7 Å². The fourth-order valence-corrected chi connectivity index (χ4v) is 5.31. The Morgan fingerprint density at radius 3 is 2.76 bits per heavy atom. The molecule has 0 atom stereocenters. The molecule has 0 bridgehead atoms. The summed E-state index contributed by atoms with van der Waals surface area (Å²) in [6.07, 6.45) is 1.32. The van der Waals surface area contributed by atoms with Crippen LogP contribution in [0.15, 0.2) is 46.8 Å². The number of nitrogens with one attached hydrogen (secondary N) is 2. The van der Waals surface area contributed by atoms with E-state index in [4.69, 9.17) is 9.47 Å². The molecule has 3 aromatic heterocycles. The number of hydrogen-bond acceptors (Lipinski definition) is 8. The number of hydrogen-bond donors (Lipinski definition) is 2. The molecule has 0 unspecified atom stereocenters. The number of aryl methyl sites for hydroxylation is 1. The zero-order valence-electron chi connectivity index (χ0n) is 17.4. The molecule has 33 heavy (non-hydrogen) atoms. The normalized spacial score (nSPS) is 12.5. The third-order valence-electron chi connectivity index (χ3n) is 4.93. The van der Waals surface area contributed by atoms with E-state index >= 15 is 0 Å². The lowest BCUT2D eigenvalue weighted by molar-refractivity contribution is -0.120. The minimum absolute atomic E-state index is 0.329. The highest BCUT2D eigenvalue weighted by molar-refractivity contribution is 7.19. The van der Waals surface area contributed by atoms with Gasteiger partial charge in [0.25, 0.3) is 5.56 Å². The number of nitrogens with zero attached hydrogens (tertiary/aromatic N) is 2. The first-order valence-corrected chi connectivity index (χ1v) is 11.7. The lowest BCUT2D eigenvalue weighted by atomic mass is 10.2. The van der Waals surface area contributed by atoms with Crippen LogP contribution in [-0.2, 0) is 11.3 Å². The molecule has 0 radical (unpaired) electrons. The van der Waals surface area contributed by atoms with E-state index in [1.807, 2.05) is 24.4 Å². The molecule has 1 aliphatic heterocycles. The lowest BCUT2D eigenvalue weighted by Crippen LogP contribution is -2.38. The number of carbonyl (C=O) groups excluding carboxylic acids is 2. The minimum Gasteiger partial charge on any atom is -0.486 e. The number of thiophene rings is 2. The SMILES string of the molecule is Cc1ccc(-c2csc3ncn(CC(=O)NC(=O)Nc4ccc5c(c4)OCCO5)c(=O)c23)s1. The number of aromatic nitrogens is 2. The van der Waals surface area contributed by atoms with Crippen LogP contribution in [0.2, 0.25) is 0 Å². The van der Waals surface area contributed by atoms with E-state index in [-0.39, 0.29) is 12.1 Å². The molecule has 11 heteroatoms. The van der Waals surface area contributed by atoms with Crippen LogP contribution in [0.4, 0.5) is 10.5 Å². The number of carbonyl (C=O) groups is 2. The van der Waals surface area contributed by atoms with Gasteiger partial charge in [-0.2, -0.15) is 0 Å². The van der Waals surface area contributed by atoms with E-state index < -0.39 is 11.9 Å². The van der Waals surface area contributed by atoms with Crippen molar-refractivity contribution in [3.05, 3.63) is 57.3 Å². The maximum absolute atomic E-state index is 13.1. The van der Waals surface area contributed by atoms with Crippen LogP contribution in [0.25, 0.3) is 20.7 Å². The average Bonchev–Trinajstić information content (AvgIpc) is 3.42. The zero-order valence-corrected chi connectivity index (χ0v) is 19.0. The van der Waals surface area contributed by atoms with E-state index in [1.54, 1.807) is 29.5 Å². The third kappa shape index (κ3) is 4.32. The van der Waals surface area contributed by atoms with Gasteiger partial charge in [-0.25, -0.2) is 9.78 Å².